The fourth-order valence-corrected chi connectivity index (χ4v) is 5.39. The van der Waals surface area contributed by atoms with Crippen LogP contribution in [-0.4, -0.2) is 18.4 Å². The standard InChI is InChI=1S/C22H34O3/c1-15(11-12-25-17(3)23)7-9-19-16(2)8-10-20-21(4,5)13-18(24)14-22(19,20)6/h8,11,19-20H,7,9-10,12-14H2,1-6H3. The van der Waals surface area contributed by atoms with Gasteiger partial charge in [0, 0.05) is 19.8 Å². The first kappa shape index (κ1) is 19.9. The number of rotatable bonds is 5. The Labute approximate surface area is 152 Å². The number of fused-ring (bicyclic) bond motifs is 1. The summed E-state index contributed by atoms with van der Waals surface area (Å²) < 4.78 is 5.00. The molecule has 1 fully saturated rings. The molecule has 0 aliphatic heterocycles. The summed E-state index contributed by atoms with van der Waals surface area (Å²) in [6.07, 6.45) is 8.97. The van der Waals surface area contributed by atoms with E-state index in [1.807, 2.05) is 6.08 Å². The van der Waals surface area contributed by atoms with Gasteiger partial charge in [-0.15, -0.1) is 0 Å². The summed E-state index contributed by atoms with van der Waals surface area (Å²) in [5, 5.41) is 0. The van der Waals surface area contributed by atoms with Crippen molar-refractivity contribution in [3.8, 4) is 0 Å². The van der Waals surface area contributed by atoms with Crippen molar-refractivity contribution in [3.63, 3.8) is 0 Å². The molecular weight excluding hydrogens is 312 g/mol. The van der Waals surface area contributed by atoms with Crippen molar-refractivity contribution < 1.29 is 14.3 Å². The fraction of sp³-hybridized carbons (Fsp3) is 0.727. The molecule has 0 N–H and O–H groups in total. The lowest BCUT2D eigenvalue weighted by Crippen LogP contribution is -2.51. The van der Waals surface area contributed by atoms with Crippen molar-refractivity contribution >= 4 is 11.8 Å². The van der Waals surface area contributed by atoms with E-state index in [1.54, 1.807) is 0 Å². The van der Waals surface area contributed by atoms with Crippen LogP contribution in [0.5, 0.6) is 0 Å². The van der Waals surface area contributed by atoms with Crippen LogP contribution >= 0.6 is 0 Å². The summed E-state index contributed by atoms with van der Waals surface area (Å²) in [5.41, 5.74) is 2.84. The number of allylic oxidation sites excluding steroid dienone is 3. The third-order valence-corrected chi connectivity index (χ3v) is 6.54. The topological polar surface area (TPSA) is 43.4 Å². The average Bonchev–Trinajstić information content (AvgIpc) is 2.43. The third kappa shape index (κ3) is 4.43. The van der Waals surface area contributed by atoms with Crippen LogP contribution in [0.3, 0.4) is 0 Å². The molecule has 0 radical (unpaired) electrons. The molecule has 0 spiro atoms. The molecule has 2 aliphatic carbocycles. The number of carbonyl (C=O) groups is 2. The van der Waals surface area contributed by atoms with E-state index >= 15 is 0 Å². The Hall–Kier alpha value is -1.38. The van der Waals surface area contributed by atoms with Gasteiger partial charge < -0.3 is 4.74 Å². The molecule has 0 aromatic heterocycles. The molecular formula is C22H34O3. The van der Waals surface area contributed by atoms with Gasteiger partial charge in [0.2, 0.25) is 0 Å². The molecule has 2 aliphatic rings. The van der Waals surface area contributed by atoms with Crippen LogP contribution in [0, 0.1) is 22.7 Å². The Kier molecular flexibility index (Phi) is 5.96. The van der Waals surface area contributed by atoms with Gasteiger partial charge in [-0.25, -0.2) is 0 Å². The Bertz CT molecular complexity index is 596. The lowest BCUT2D eigenvalue weighted by atomic mass is 9.48. The first-order valence-corrected chi connectivity index (χ1v) is 9.53. The number of ketones is 1. The van der Waals surface area contributed by atoms with Gasteiger partial charge in [-0.2, -0.15) is 0 Å². The minimum Gasteiger partial charge on any atom is -0.462 e. The minimum absolute atomic E-state index is 0.0633. The molecule has 0 heterocycles. The van der Waals surface area contributed by atoms with Crippen LogP contribution < -0.4 is 0 Å². The van der Waals surface area contributed by atoms with Crippen molar-refractivity contribution in [3.05, 3.63) is 23.3 Å². The van der Waals surface area contributed by atoms with E-state index in [2.05, 4.69) is 40.7 Å². The molecule has 0 aromatic carbocycles. The van der Waals surface area contributed by atoms with Gasteiger partial charge in [0.15, 0.2) is 0 Å². The second kappa shape index (κ2) is 7.47. The van der Waals surface area contributed by atoms with Crippen molar-refractivity contribution in [2.24, 2.45) is 22.7 Å². The highest BCUT2D eigenvalue weighted by Gasteiger charge is 2.53. The molecule has 3 heteroatoms. The van der Waals surface area contributed by atoms with Gasteiger partial charge in [-0.1, -0.05) is 38.0 Å². The molecule has 0 amide bonds. The summed E-state index contributed by atoms with van der Waals surface area (Å²) in [6.45, 7) is 13.0. The predicted molar refractivity (Wildman–Crippen MR) is 101 cm³/mol. The van der Waals surface area contributed by atoms with Crippen LogP contribution in [0.25, 0.3) is 0 Å². The zero-order valence-corrected chi connectivity index (χ0v) is 16.8. The summed E-state index contributed by atoms with van der Waals surface area (Å²) in [5.74, 6) is 1.20. The maximum atomic E-state index is 12.5. The summed E-state index contributed by atoms with van der Waals surface area (Å²) in [7, 11) is 0. The first-order chi connectivity index (χ1) is 11.6. The second-order valence-corrected chi connectivity index (χ2v) is 9.07. The first-order valence-electron chi connectivity index (χ1n) is 9.53. The van der Waals surface area contributed by atoms with Gasteiger partial charge in [-0.05, 0) is 61.9 Å². The number of Topliss-reactive ketones (excluding diaryl/α,β-unsaturated/α-hetero) is 1. The summed E-state index contributed by atoms with van der Waals surface area (Å²) >= 11 is 0. The predicted octanol–water partition coefficient (Wildman–Crippen LogP) is 5.25. The lowest BCUT2D eigenvalue weighted by molar-refractivity contribution is -0.139. The lowest BCUT2D eigenvalue weighted by Gasteiger charge is -2.56. The molecule has 140 valence electrons. The fourth-order valence-electron chi connectivity index (χ4n) is 5.39. The van der Waals surface area contributed by atoms with Gasteiger partial charge in [0.25, 0.3) is 0 Å². The number of esters is 1. The average molecular weight is 347 g/mol. The quantitative estimate of drug-likeness (QED) is 0.504. The van der Waals surface area contributed by atoms with E-state index in [4.69, 9.17) is 4.74 Å². The van der Waals surface area contributed by atoms with E-state index in [0.717, 1.165) is 19.3 Å². The zero-order chi connectivity index (χ0) is 18.8. The number of carbonyl (C=O) groups excluding carboxylic acids is 2. The molecule has 3 unspecified atom stereocenters. The maximum Gasteiger partial charge on any atom is 0.302 e. The monoisotopic (exact) mass is 346 g/mol. The molecule has 0 bridgehead atoms. The molecule has 3 atom stereocenters. The highest BCUT2D eigenvalue weighted by molar-refractivity contribution is 5.81. The molecule has 3 nitrogen and oxygen atoms in total. The van der Waals surface area contributed by atoms with Gasteiger partial charge in [-0.3, -0.25) is 9.59 Å². The van der Waals surface area contributed by atoms with Crippen LogP contribution in [0.2, 0.25) is 0 Å². The van der Waals surface area contributed by atoms with Crippen LogP contribution in [-0.2, 0) is 14.3 Å². The van der Waals surface area contributed by atoms with E-state index < -0.39 is 0 Å². The minimum atomic E-state index is -0.242. The van der Waals surface area contributed by atoms with E-state index in [-0.39, 0.29) is 16.8 Å². The van der Waals surface area contributed by atoms with Crippen LogP contribution in [0.4, 0.5) is 0 Å². The normalized spacial score (nSPS) is 32.0. The van der Waals surface area contributed by atoms with Crippen molar-refractivity contribution in [1.29, 1.82) is 0 Å². The van der Waals surface area contributed by atoms with E-state index in [9.17, 15) is 9.59 Å². The Morgan fingerprint density at radius 1 is 1.28 bits per heavy atom. The maximum absolute atomic E-state index is 12.5. The Morgan fingerprint density at radius 3 is 2.60 bits per heavy atom. The Morgan fingerprint density at radius 2 is 1.96 bits per heavy atom. The van der Waals surface area contributed by atoms with E-state index in [0.29, 0.717) is 37.1 Å². The largest absolute Gasteiger partial charge is 0.462 e. The SMILES string of the molecule is CC(=O)OCC=C(C)CCC1C(C)=CCC2C(C)(C)CC(=O)CC12C. The molecule has 2 rings (SSSR count). The Balaban J connectivity index is 2.13. The summed E-state index contributed by atoms with van der Waals surface area (Å²) in [4.78, 5) is 23.3. The molecule has 0 aromatic rings. The molecule has 25 heavy (non-hydrogen) atoms. The van der Waals surface area contributed by atoms with Crippen molar-refractivity contribution in [2.75, 3.05) is 6.61 Å². The van der Waals surface area contributed by atoms with Gasteiger partial charge in [0.05, 0.1) is 0 Å². The molecule has 0 saturated heterocycles. The highest BCUT2D eigenvalue weighted by Crippen LogP contribution is 2.59. The van der Waals surface area contributed by atoms with E-state index in [1.165, 1.54) is 18.1 Å². The van der Waals surface area contributed by atoms with Gasteiger partial charge in [0.1, 0.15) is 12.4 Å². The highest BCUT2D eigenvalue weighted by atomic mass is 16.5. The van der Waals surface area contributed by atoms with Crippen molar-refractivity contribution in [1.82, 2.24) is 0 Å². The van der Waals surface area contributed by atoms with Gasteiger partial charge >= 0.3 is 5.97 Å². The number of hydrogen-bond acceptors (Lipinski definition) is 3. The zero-order valence-electron chi connectivity index (χ0n) is 16.8. The smallest absolute Gasteiger partial charge is 0.302 e. The third-order valence-electron chi connectivity index (χ3n) is 6.54. The van der Waals surface area contributed by atoms with Crippen molar-refractivity contribution in [2.45, 2.75) is 73.6 Å². The second-order valence-electron chi connectivity index (χ2n) is 9.07. The van der Waals surface area contributed by atoms with Crippen LogP contribution in [0.15, 0.2) is 23.3 Å². The number of ether oxygens (including phenoxy) is 1. The molecule has 1 saturated carbocycles. The number of hydrogen-bond donors (Lipinski definition) is 0. The van der Waals surface area contributed by atoms with Crippen LogP contribution in [0.1, 0.15) is 73.6 Å². The summed E-state index contributed by atoms with van der Waals surface area (Å²) in [6, 6.07) is 0.